The summed E-state index contributed by atoms with van der Waals surface area (Å²) >= 11 is 0. The molecule has 0 saturated carbocycles. The van der Waals surface area contributed by atoms with E-state index in [0.717, 1.165) is 27.8 Å². The van der Waals surface area contributed by atoms with Crippen LogP contribution in [-0.2, 0) is 6.54 Å². The van der Waals surface area contributed by atoms with E-state index in [-0.39, 0.29) is 6.61 Å². The number of anilines is 1. The molecule has 0 radical (unpaired) electrons. The summed E-state index contributed by atoms with van der Waals surface area (Å²) in [5.74, 6) is 0.425. The Labute approximate surface area is 145 Å². The average molecular weight is 330 g/mol. The van der Waals surface area contributed by atoms with Crippen molar-refractivity contribution >= 4 is 16.9 Å². The molecule has 0 aliphatic rings. The van der Waals surface area contributed by atoms with E-state index in [2.05, 4.69) is 5.10 Å². The van der Waals surface area contributed by atoms with E-state index in [1.54, 1.807) is 4.68 Å². The maximum Gasteiger partial charge on any atom is 0.161 e. The summed E-state index contributed by atoms with van der Waals surface area (Å²) < 4.78 is 1.67. The average Bonchev–Trinajstić information content (AvgIpc) is 2.99. The topological polar surface area (TPSA) is 77.0 Å². The van der Waals surface area contributed by atoms with E-state index < -0.39 is 0 Å². The fraction of sp³-hybridized carbons (Fsp3) is 0.100. The van der Waals surface area contributed by atoms with Crippen LogP contribution in [0, 0.1) is 0 Å². The summed E-state index contributed by atoms with van der Waals surface area (Å²) in [6, 6.07) is 22.1. The van der Waals surface area contributed by atoms with Crippen LogP contribution in [-0.4, -0.2) is 26.5 Å². The molecule has 2 aromatic carbocycles. The van der Waals surface area contributed by atoms with Crippen LogP contribution in [0.15, 0.2) is 66.7 Å². The minimum Gasteiger partial charge on any atom is -0.394 e. The number of hydrogen-bond acceptors (Lipinski definition) is 4. The highest BCUT2D eigenvalue weighted by Crippen LogP contribution is 2.34. The van der Waals surface area contributed by atoms with Crippen LogP contribution < -0.4 is 5.73 Å². The lowest BCUT2D eigenvalue weighted by molar-refractivity contribution is 0.271. The van der Waals surface area contributed by atoms with Gasteiger partial charge in [-0.05, 0) is 17.2 Å². The predicted octanol–water partition coefficient (Wildman–Crippen LogP) is 3.34. The largest absolute Gasteiger partial charge is 0.394 e. The van der Waals surface area contributed by atoms with Crippen LogP contribution in [0.4, 0.5) is 5.82 Å². The Hall–Kier alpha value is -3.18. The molecule has 5 nitrogen and oxygen atoms in total. The van der Waals surface area contributed by atoms with Crippen molar-refractivity contribution in [3.8, 4) is 22.4 Å². The van der Waals surface area contributed by atoms with E-state index in [1.807, 2.05) is 66.7 Å². The first-order chi connectivity index (χ1) is 12.3. The Morgan fingerprint density at radius 3 is 2.20 bits per heavy atom. The fourth-order valence-corrected chi connectivity index (χ4v) is 3.05. The molecule has 124 valence electrons. The third kappa shape index (κ3) is 2.75. The van der Waals surface area contributed by atoms with Crippen LogP contribution in [0.5, 0.6) is 0 Å². The molecule has 4 rings (SSSR count). The highest BCUT2D eigenvalue weighted by atomic mass is 16.3. The lowest BCUT2D eigenvalue weighted by atomic mass is 10.0. The molecule has 2 heterocycles. The van der Waals surface area contributed by atoms with E-state index in [0.29, 0.717) is 18.0 Å². The number of nitrogen functional groups attached to an aromatic ring is 1. The van der Waals surface area contributed by atoms with E-state index in [4.69, 9.17) is 10.7 Å². The van der Waals surface area contributed by atoms with Gasteiger partial charge in [0.2, 0.25) is 0 Å². The molecule has 5 heteroatoms. The van der Waals surface area contributed by atoms with Gasteiger partial charge in [-0.15, -0.1) is 0 Å². The monoisotopic (exact) mass is 330 g/mol. The van der Waals surface area contributed by atoms with Gasteiger partial charge in [0, 0.05) is 5.56 Å². The van der Waals surface area contributed by atoms with Gasteiger partial charge in [-0.2, -0.15) is 5.10 Å². The van der Waals surface area contributed by atoms with Crippen LogP contribution >= 0.6 is 0 Å². The number of aliphatic hydroxyl groups excluding tert-OH is 1. The van der Waals surface area contributed by atoms with E-state index >= 15 is 0 Å². The zero-order valence-electron chi connectivity index (χ0n) is 13.6. The minimum absolute atomic E-state index is 0.0197. The first-order valence-corrected chi connectivity index (χ1v) is 8.16. The van der Waals surface area contributed by atoms with Crippen LogP contribution in [0.1, 0.15) is 0 Å². The highest BCUT2D eigenvalue weighted by Gasteiger charge is 2.17. The van der Waals surface area contributed by atoms with Crippen LogP contribution in [0.3, 0.4) is 0 Å². The summed E-state index contributed by atoms with van der Waals surface area (Å²) in [5, 5.41) is 14.5. The number of nitrogens with zero attached hydrogens (tertiary/aromatic N) is 3. The van der Waals surface area contributed by atoms with Gasteiger partial charge < -0.3 is 10.8 Å². The summed E-state index contributed by atoms with van der Waals surface area (Å²) in [6.07, 6.45) is 0. The van der Waals surface area contributed by atoms with Gasteiger partial charge in [0.05, 0.1) is 24.2 Å². The van der Waals surface area contributed by atoms with Gasteiger partial charge in [-0.3, -0.25) is 0 Å². The molecule has 2 aromatic heterocycles. The summed E-state index contributed by atoms with van der Waals surface area (Å²) in [5.41, 5.74) is 10.8. The number of rotatable bonds is 4. The molecular weight excluding hydrogens is 312 g/mol. The molecule has 0 amide bonds. The molecule has 0 aliphatic heterocycles. The second kappa shape index (κ2) is 6.37. The SMILES string of the molecule is Nc1nn(CCO)c2nc(-c3ccccc3)cc(-c3ccccc3)c12. The summed E-state index contributed by atoms with van der Waals surface area (Å²) in [6.45, 7) is 0.335. The van der Waals surface area contributed by atoms with Crippen LogP contribution in [0.2, 0.25) is 0 Å². The first-order valence-electron chi connectivity index (χ1n) is 8.16. The maximum atomic E-state index is 9.33. The van der Waals surface area contributed by atoms with Crippen molar-refractivity contribution in [2.75, 3.05) is 12.3 Å². The molecule has 25 heavy (non-hydrogen) atoms. The molecule has 0 fully saturated rings. The molecular formula is C20H18N4O. The van der Waals surface area contributed by atoms with Crippen molar-refractivity contribution in [3.05, 3.63) is 66.7 Å². The molecule has 0 atom stereocenters. The van der Waals surface area contributed by atoms with E-state index in [1.165, 1.54) is 0 Å². The van der Waals surface area contributed by atoms with Gasteiger partial charge in [-0.25, -0.2) is 9.67 Å². The molecule has 0 aliphatic carbocycles. The normalized spacial score (nSPS) is 11.1. The van der Waals surface area contributed by atoms with E-state index in [9.17, 15) is 5.11 Å². The Morgan fingerprint density at radius 1 is 0.920 bits per heavy atom. The predicted molar refractivity (Wildman–Crippen MR) is 99.9 cm³/mol. The first kappa shape index (κ1) is 15.4. The number of hydrogen-bond donors (Lipinski definition) is 2. The fourth-order valence-electron chi connectivity index (χ4n) is 3.05. The lowest BCUT2D eigenvalue weighted by Gasteiger charge is -2.09. The molecule has 4 aromatic rings. The number of pyridine rings is 1. The molecule has 0 bridgehead atoms. The van der Waals surface area contributed by atoms with Crippen molar-refractivity contribution in [1.82, 2.24) is 14.8 Å². The van der Waals surface area contributed by atoms with Crippen molar-refractivity contribution in [3.63, 3.8) is 0 Å². The summed E-state index contributed by atoms with van der Waals surface area (Å²) in [7, 11) is 0. The number of nitrogens with two attached hydrogens (primary N) is 1. The number of fused-ring (bicyclic) bond motifs is 1. The molecule has 0 saturated heterocycles. The number of aromatic nitrogens is 3. The van der Waals surface area contributed by atoms with Crippen LogP contribution in [0.25, 0.3) is 33.4 Å². The molecule has 3 N–H and O–H groups in total. The van der Waals surface area contributed by atoms with Gasteiger partial charge in [0.15, 0.2) is 11.5 Å². The van der Waals surface area contributed by atoms with Crippen molar-refractivity contribution in [1.29, 1.82) is 0 Å². The van der Waals surface area contributed by atoms with Gasteiger partial charge in [0.1, 0.15) is 0 Å². The summed E-state index contributed by atoms with van der Waals surface area (Å²) in [4.78, 5) is 4.78. The second-order valence-electron chi connectivity index (χ2n) is 5.82. The Kier molecular flexibility index (Phi) is 3.91. The molecule has 0 spiro atoms. The van der Waals surface area contributed by atoms with Gasteiger partial charge >= 0.3 is 0 Å². The third-order valence-corrected chi connectivity index (χ3v) is 4.20. The number of aliphatic hydroxyl groups is 1. The number of benzene rings is 2. The quantitative estimate of drug-likeness (QED) is 0.602. The smallest absolute Gasteiger partial charge is 0.161 e. The Balaban J connectivity index is 2.04. The standard InChI is InChI=1S/C20H18N4O/c21-19-18-16(14-7-3-1-4-8-14)13-17(15-9-5-2-6-10-15)22-20(18)24(23-19)11-12-25/h1-10,13,25H,11-12H2,(H2,21,23). The van der Waals surface area contributed by atoms with Gasteiger partial charge in [0.25, 0.3) is 0 Å². The van der Waals surface area contributed by atoms with Crippen molar-refractivity contribution in [2.45, 2.75) is 6.54 Å². The zero-order valence-corrected chi connectivity index (χ0v) is 13.6. The minimum atomic E-state index is -0.0197. The molecule has 0 unspecified atom stereocenters. The maximum absolute atomic E-state index is 9.33. The van der Waals surface area contributed by atoms with Gasteiger partial charge in [-0.1, -0.05) is 60.7 Å². The Morgan fingerprint density at radius 2 is 1.56 bits per heavy atom. The highest BCUT2D eigenvalue weighted by molar-refractivity contribution is 6.01. The van der Waals surface area contributed by atoms with Crippen molar-refractivity contribution < 1.29 is 5.11 Å². The zero-order chi connectivity index (χ0) is 17.2. The Bertz CT molecular complexity index is 1010. The van der Waals surface area contributed by atoms with Crippen molar-refractivity contribution in [2.24, 2.45) is 0 Å². The second-order valence-corrected chi connectivity index (χ2v) is 5.82. The third-order valence-electron chi connectivity index (χ3n) is 4.20. The lowest BCUT2D eigenvalue weighted by Crippen LogP contribution is -2.05.